The van der Waals surface area contributed by atoms with Crippen LogP contribution in [0.1, 0.15) is 23.6 Å². The standard InChI is InChI=1S/C22H19FN2O/c1-22(18-11-4-3-9-17(18)21(24)25-22)15-8-5-7-14(13-15)16-10-6-12-19(26-2)20(16)23/h3-13H,1-2H3,(H2,24,25). The first-order chi connectivity index (χ1) is 12.5. The number of ether oxygens (including phenoxy) is 1. The number of aliphatic imine (C=N–C) groups is 1. The normalized spacial score (nSPS) is 18.3. The van der Waals surface area contributed by atoms with Crippen LogP contribution < -0.4 is 10.5 Å². The molecule has 0 saturated heterocycles. The molecular weight excluding hydrogens is 327 g/mol. The van der Waals surface area contributed by atoms with E-state index in [0.717, 1.165) is 22.3 Å². The van der Waals surface area contributed by atoms with E-state index < -0.39 is 5.54 Å². The van der Waals surface area contributed by atoms with Gasteiger partial charge < -0.3 is 10.5 Å². The van der Waals surface area contributed by atoms with Crippen molar-refractivity contribution in [3.05, 3.63) is 89.2 Å². The lowest BCUT2D eigenvalue weighted by molar-refractivity contribution is 0.387. The third-order valence-electron chi connectivity index (χ3n) is 4.99. The lowest BCUT2D eigenvalue weighted by atomic mass is 9.83. The number of methoxy groups -OCH3 is 1. The molecule has 0 aliphatic carbocycles. The van der Waals surface area contributed by atoms with Gasteiger partial charge in [-0.1, -0.05) is 54.6 Å². The average Bonchev–Trinajstić information content (AvgIpc) is 2.94. The van der Waals surface area contributed by atoms with Gasteiger partial charge in [0.1, 0.15) is 11.4 Å². The highest BCUT2D eigenvalue weighted by Gasteiger charge is 2.36. The fourth-order valence-electron chi connectivity index (χ4n) is 3.59. The first kappa shape index (κ1) is 16.3. The quantitative estimate of drug-likeness (QED) is 0.760. The van der Waals surface area contributed by atoms with Crippen molar-refractivity contribution in [1.29, 1.82) is 0 Å². The summed E-state index contributed by atoms with van der Waals surface area (Å²) in [5, 5.41) is 0. The molecule has 4 rings (SSSR count). The number of nitrogens with two attached hydrogens (primary N) is 1. The highest BCUT2D eigenvalue weighted by molar-refractivity contribution is 6.02. The molecule has 0 aromatic heterocycles. The summed E-state index contributed by atoms with van der Waals surface area (Å²) < 4.78 is 19.8. The van der Waals surface area contributed by atoms with Gasteiger partial charge in [-0.05, 0) is 35.7 Å². The maximum absolute atomic E-state index is 14.7. The van der Waals surface area contributed by atoms with E-state index in [2.05, 4.69) is 0 Å². The summed E-state index contributed by atoms with van der Waals surface area (Å²) in [5.41, 5.74) is 9.80. The number of nitrogens with zero attached hydrogens (tertiary/aromatic N) is 1. The second kappa shape index (κ2) is 5.99. The number of amidine groups is 1. The van der Waals surface area contributed by atoms with E-state index in [1.807, 2.05) is 55.5 Å². The first-order valence-electron chi connectivity index (χ1n) is 8.43. The molecule has 0 spiro atoms. The molecule has 1 aliphatic rings. The minimum Gasteiger partial charge on any atom is -0.494 e. The van der Waals surface area contributed by atoms with Gasteiger partial charge in [0.05, 0.1) is 7.11 Å². The van der Waals surface area contributed by atoms with Crippen LogP contribution >= 0.6 is 0 Å². The number of benzene rings is 3. The number of hydrogen-bond acceptors (Lipinski definition) is 3. The van der Waals surface area contributed by atoms with Crippen LogP contribution in [0.15, 0.2) is 71.7 Å². The smallest absolute Gasteiger partial charge is 0.172 e. The van der Waals surface area contributed by atoms with E-state index in [1.165, 1.54) is 7.11 Å². The Kier molecular flexibility index (Phi) is 3.76. The largest absolute Gasteiger partial charge is 0.494 e. The third-order valence-corrected chi connectivity index (χ3v) is 4.99. The van der Waals surface area contributed by atoms with E-state index in [4.69, 9.17) is 15.5 Å². The van der Waals surface area contributed by atoms with E-state index >= 15 is 0 Å². The minimum atomic E-state index is -0.591. The molecule has 0 amide bonds. The fraction of sp³-hybridized carbons (Fsp3) is 0.136. The molecule has 0 saturated carbocycles. The summed E-state index contributed by atoms with van der Waals surface area (Å²) in [6.07, 6.45) is 0. The first-order valence-corrected chi connectivity index (χ1v) is 8.43. The fourth-order valence-corrected chi connectivity index (χ4v) is 3.59. The molecule has 3 aromatic rings. The molecule has 0 radical (unpaired) electrons. The Hall–Kier alpha value is -3.14. The molecule has 3 nitrogen and oxygen atoms in total. The predicted octanol–water partition coefficient (Wildman–Crippen LogP) is 4.48. The summed E-state index contributed by atoms with van der Waals surface area (Å²) in [6.45, 7) is 2.03. The van der Waals surface area contributed by atoms with E-state index in [0.29, 0.717) is 11.4 Å². The lowest BCUT2D eigenvalue weighted by Crippen LogP contribution is -2.18. The van der Waals surface area contributed by atoms with Gasteiger partial charge in [0.15, 0.2) is 11.6 Å². The molecule has 0 bridgehead atoms. The van der Waals surface area contributed by atoms with Crippen molar-refractivity contribution in [2.24, 2.45) is 10.7 Å². The average molecular weight is 346 g/mol. The van der Waals surface area contributed by atoms with Gasteiger partial charge in [0.2, 0.25) is 0 Å². The zero-order valence-electron chi connectivity index (χ0n) is 14.7. The summed E-state index contributed by atoms with van der Waals surface area (Å²) in [4.78, 5) is 4.73. The van der Waals surface area contributed by atoms with Crippen molar-refractivity contribution in [2.45, 2.75) is 12.5 Å². The number of fused-ring (bicyclic) bond motifs is 1. The molecule has 1 aliphatic heterocycles. The molecule has 1 heterocycles. The Bertz CT molecular complexity index is 1030. The molecule has 1 atom stereocenters. The Balaban J connectivity index is 1.86. The predicted molar refractivity (Wildman–Crippen MR) is 102 cm³/mol. The topological polar surface area (TPSA) is 47.6 Å². The Morgan fingerprint density at radius 3 is 2.50 bits per heavy atom. The highest BCUT2D eigenvalue weighted by atomic mass is 19.1. The van der Waals surface area contributed by atoms with Crippen LogP contribution in [0.4, 0.5) is 4.39 Å². The lowest BCUT2D eigenvalue weighted by Gasteiger charge is -2.24. The number of hydrogen-bond donors (Lipinski definition) is 1. The van der Waals surface area contributed by atoms with Crippen LogP contribution in [0.3, 0.4) is 0 Å². The van der Waals surface area contributed by atoms with Crippen molar-refractivity contribution < 1.29 is 9.13 Å². The van der Waals surface area contributed by atoms with Crippen molar-refractivity contribution >= 4 is 5.84 Å². The van der Waals surface area contributed by atoms with Crippen LogP contribution in [0.5, 0.6) is 5.75 Å². The summed E-state index contributed by atoms with van der Waals surface area (Å²) in [6, 6.07) is 20.9. The maximum Gasteiger partial charge on any atom is 0.172 e. The van der Waals surface area contributed by atoms with Gasteiger partial charge in [-0.15, -0.1) is 0 Å². The van der Waals surface area contributed by atoms with Crippen LogP contribution in [-0.2, 0) is 5.54 Å². The van der Waals surface area contributed by atoms with Gasteiger partial charge in [0.25, 0.3) is 0 Å². The Morgan fingerprint density at radius 1 is 0.962 bits per heavy atom. The van der Waals surface area contributed by atoms with Gasteiger partial charge >= 0.3 is 0 Å². The van der Waals surface area contributed by atoms with Crippen LogP contribution in [-0.4, -0.2) is 12.9 Å². The molecule has 130 valence electrons. The van der Waals surface area contributed by atoms with Crippen molar-refractivity contribution in [1.82, 2.24) is 0 Å². The minimum absolute atomic E-state index is 0.229. The number of halogens is 1. The van der Waals surface area contributed by atoms with Crippen LogP contribution in [0.25, 0.3) is 11.1 Å². The second-order valence-electron chi connectivity index (χ2n) is 6.52. The zero-order valence-corrected chi connectivity index (χ0v) is 14.7. The molecule has 4 heteroatoms. The second-order valence-corrected chi connectivity index (χ2v) is 6.52. The Morgan fingerprint density at radius 2 is 1.69 bits per heavy atom. The van der Waals surface area contributed by atoms with Gasteiger partial charge in [-0.2, -0.15) is 0 Å². The SMILES string of the molecule is COc1cccc(-c2cccc(C3(C)N=C(N)c4ccccc43)c2)c1F. The van der Waals surface area contributed by atoms with Crippen molar-refractivity contribution in [3.63, 3.8) is 0 Å². The van der Waals surface area contributed by atoms with Crippen molar-refractivity contribution in [2.75, 3.05) is 7.11 Å². The molecule has 3 aromatic carbocycles. The molecule has 1 unspecified atom stereocenters. The van der Waals surface area contributed by atoms with Crippen LogP contribution in [0, 0.1) is 5.82 Å². The van der Waals surface area contributed by atoms with Gasteiger partial charge in [-0.25, -0.2) is 4.39 Å². The monoisotopic (exact) mass is 346 g/mol. The number of rotatable bonds is 3. The van der Waals surface area contributed by atoms with Crippen molar-refractivity contribution in [3.8, 4) is 16.9 Å². The molecular formula is C22H19FN2O. The van der Waals surface area contributed by atoms with Gasteiger partial charge in [-0.3, -0.25) is 4.99 Å². The highest BCUT2D eigenvalue weighted by Crippen LogP contribution is 2.41. The Labute approximate surface area is 152 Å². The summed E-state index contributed by atoms with van der Waals surface area (Å²) in [7, 11) is 1.46. The molecule has 2 N–H and O–H groups in total. The van der Waals surface area contributed by atoms with Crippen LogP contribution in [0.2, 0.25) is 0 Å². The van der Waals surface area contributed by atoms with E-state index in [-0.39, 0.29) is 11.6 Å². The maximum atomic E-state index is 14.7. The van der Waals surface area contributed by atoms with E-state index in [1.54, 1.807) is 18.2 Å². The molecule has 26 heavy (non-hydrogen) atoms. The third kappa shape index (κ3) is 2.37. The zero-order chi connectivity index (χ0) is 18.3. The van der Waals surface area contributed by atoms with E-state index in [9.17, 15) is 4.39 Å². The van der Waals surface area contributed by atoms with Gasteiger partial charge in [0, 0.05) is 11.1 Å². The molecule has 0 fully saturated rings. The summed E-state index contributed by atoms with van der Waals surface area (Å²) in [5.74, 6) is 0.390. The summed E-state index contributed by atoms with van der Waals surface area (Å²) >= 11 is 0.